The van der Waals surface area contributed by atoms with Crippen molar-refractivity contribution in [1.29, 1.82) is 0 Å². The van der Waals surface area contributed by atoms with E-state index < -0.39 is 0 Å². The number of hydrogen-bond donors (Lipinski definition) is 1. The third-order valence-electron chi connectivity index (χ3n) is 5.73. The van der Waals surface area contributed by atoms with Crippen LogP contribution in [0.25, 0.3) is 0 Å². The summed E-state index contributed by atoms with van der Waals surface area (Å²) in [7, 11) is 3.78. The zero-order valence-electron chi connectivity index (χ0n) is 15.4. The molecular weight excluding hydrogens is 326 g/mol. The second-order valence-corrected chi connectivity index (χ2v) is 7.44. The summed E-state index contributed by atoms with van der Waals surface area (Å²) in [4.78, 5) is 25.4. The first-order valence-corrected chi connectivity index (χ1v) is 9.25. The minimum absolute atomic E-state index is 0.0618. The van der Waals surface area contributed by atoms with Gasteiger partial charge in [-0.3, -0.25) is 0 Å². The summed E-state index contributed by atoms with van der Waals surface area (Å²) in [6, 6.07) is 10.4. The summed E-state index contributed by atoms with van der Waals surface area (Å²) in [5.41, 5.74) is 1.72. The summed E-state index contributed by atoms with van der Waals surface area (Å²) >= 11 is 0. The number of anilines is 2. The van der Waals surface area contributed by atoms with Crippen molar-refractivity contribution >= 4 is 17.7 Å². The molecule has 26 heavy (non-hydrogen) atoms. The number of amides is 2. The topological polar surface area (TPSA) is 61.4 Å². The van der Waals surface area contributed by atoms with E-state index in [2.05, 4.69) is 39.6 Å². The van der Waals surface area contributed by atoms with E-state index >= 15 is 0 Å². The van der Waals surface area contributed by atoms with Crippen LogP contribution < -0.4 is 10.2 Å². The highest BCUT2D eigenvalue weighted by Gasteiger charge is 2.57. The van der Waals surface area contributed by atoms with Gasteiger partial charge in [0, 0.05) is 26.6 Å². The van der Waals surface area contributed by atoms with E-state index in [-0.39, 0.29) is 11.6 Å². The Morgan fingerprint density at radius 1 is 1.19 bits per heavy atom. The molecule has 1 aromatic carbocycles. The van der Waals surface area contributed by atoms with Gasteiger partial charge in [0.1, 0.15) is 0 Å². The Bertz CT molecular complexity index is 777. The van der Waals surface area contributed by atoms with Crippen molar-refractivity contribution in [3.05, 3.63) is 48.3 Å². The van der Waals surface area contributed by atoms with Crippen molar-refractivity contribution in [3.8, 4) is 0 Å². The standard InChI is InChI=1S/C20H25N5O/c1-24(2)18-21-12-17(13-22-18)23-19(26)25-14-16-10-6-7-11-20(16,25)15-8-4-3-5-9-15/h3-5,8-9,12-13,16H,6-7,10-11,14H2,1-2H3,(H,23,26)/t16-,20-/m0/s1. The molecule has 1 saturated carbocycles. The average molecular weight is 351 g/mol. The zero-order valence-corrected chi connectivity index (χ0v) is 15.4. The van der Waals surface area contributed by atoms with Gasteiger partial charge in [0.15, 0.2) is 0 Å². The first kappa shape index (κ1) is 16.8. The molecule has 1 aliphatic carbocycles. The fraction of sp³-hybridized carbons (Fsp3) is 0.450. The predicted octanol–water partition coefficient (Wildman–Crippen LogP) is 3.48. The van der Waals surface area contributed by atoms with Crippen LogP contribution in [0.15, 0.2) is 42.7 Å². The molecule has 1 aromatic heterocycles. The van der Waals surface area contributed by atoms with Crippen LogP contribution in [-0.4, -0.2) is 41.5 Å². The van der Waals surface area contributed by atoms with E-state index in [1.54, 1.807) is 12.4 Å². The quantitative estimate of drug-likeness (QED) is 0.920. The molecule has 2 aliphatic rings. The first-order chi connectivity index (χ1) is 12.6. The Hall–Kier alpha value is -2.63. The molecule has 2 heterocycles. The molecule has 2 aromatic rings. The van der Waals surface area contributed by atoms with Gasteiger partial charge in [-0.1, -0.05) is 43.2 Å². The van der Waals surface area contributed by atoms with Crippen molar-refractivity contribution in [2.24, 2.45) is 5.92 Å². The Labute approximate surface area is 154 Å². The minimum Gasteiger partial charge on any atom is -0.347 e. The van der Waals surface area contributed by atoms with Crippen LogP contribution in [0.2, 0.25) is 0 Å². The smallest absolute Gasteiger partial charge is 0.322 e. The molecule has 6 heteroatoms. The van der Waals surface area contributed by atoms with Gasteiger partial charge in [0.25, 0.3) is 0 Å². The van der Waals surface area contributed by atoms with Crippen LogP contribution in [0.4, 0.5) is 16.4 Å². The van der Waals surface area contributed by atoms with Crippen molar-refractivity contribution < 1.29 is 4.79 Å². The van der Waals surface area contributed by atoms with E-state index in [1.165, 1.54) is 18.4 Å². The molecule has 2 amide bonds. The molecule has 4 rings (SSSR count). The van der Waals surface area contributed by atoms with Gasteiger partial charge >= 0.3 is 6.03 Å². The molecular formula is C20H25N5O. The fourth-order valence-corrected chi connectivity index (χ4v) is 4.43. The van der Waals surface area contributed by atoms with Gasteiger partial charge in [-0.05, 0) is 18.4 Å². The first-order valence-electron chi connectivity index (χ1n) is 9.25. The van der Waals surface area contributed by atoms with Crippen molar-refractivity contribution in [1.82, 2.24) is 14.9 Å². The van der Waals surface area contributed by atoms with Gasteiger partial charge < -0.3 is 15.1 Å². The lowest BCUT2D eigenvalue weighted by molar-refractivity contribution is -0.0756. The Balaban J connectivity index is 1.55. The van der Waals surface area contributed by atoms with E-state index in [1.807, 2.05) is 30.0 Å². The molecule has 2 atom stereocenters. The van der Waals surface area contributed by atoms with Crippen LogP contribution in [-0.2, 0) is 5.54 Å². The van der Waals surface area contributed by atoms with Crippen LogP contribution in [0.3, 0.4) is 0 Å². The van der Waals surface area contributed by atoms with Crippen LogP contribution in [0.1, 0.15) is 31.2 Å². The number of nitrogens with one attached hydrogen (secondary N) is 1. The van der Waals surface area contributed by atoms with Gasteiger partial charge in [-0.15, -0.1) is 0 Å². The highest BCUT2D eigenvalue weighted by Crippen LogP contribution is 2.53. The van der Waals surface area contributed by atoms with Gasteiger partial charge in [-0.2, -0.15) is 0 Å². The van der Waals surface area contributed by atoms with Crippen LogP contribution in [0, 0.1) is 5.92 Å². The number of carbonyl (C=O) groups excluding carboxylic acids is 1. The summed E-state index contributed by atoms with van der Waals surface area (Å²) < 4.78 is 0. The maximum Gasteiger partial charge on any atom is 0.322 e. The number of hydrogen-bond acceptors (Lipinski definition) is 4. The Morgan fingerprint density at radius 3 is 2.58 bits per heavy atom. The summed E-state index contributed by atoms with van der Waals surface area (Å²) in [5, 5.41) is 2.98. The number of rotatable bonds is 3. The van der Waals surface area contributed by atoms with Gasteiger partial charge in [-0.25, -0.2) is 14.8 Å². The van der Waals surface area contributed by atoms with Crippen LogP contribution >= 0.6 is 0 Å². The molecule has 1 aliphatic heterocycles. The highest BCUT2D eigenvalue weighted by molar-refractivity contribution is 5.90. The molecule has 0 unspecified atom stereocenters. The number of carbonyl (C=O) groups is 1. The number of nitrogens with zero attached hydrogens (tertiary/aromatic N) is 4. The number of benzene rings is 1. The second-order valence-electron chi connectivity index (χ2n) is 7.44. The monoisotopic (exact) mass is 351 g/mol. The lowest BCUT2D eigenvalue weighted by Gasteiger charge is -2.61. The molecule has 0 radical (unpaired) electrons. The Kier molecular flexibility index (Phi) is 4.26. The largest absolute Gasteiger partial charge is 0.347 e. The summed E-state index contributed by atoms with van der Waals surface area (Å²) in [6.07, 6.45) is 7.97. The third-order valence-corrected chi connectivity index (χ3v) is 5.73. The van der Waals surface area contributed by atoms with E-state index in [4.69, 9.17) is 0 Å². The zero-order chi connectivity index (χ0) is 18.1. The van der Waals surface area contributed by atoms with Gasteiger partial charge in [0.2, 0.25) is 5.95 Å². The van der Waals surface area contributed by atoms with E-state index in [0.29, 0.717) is 17.6 Å². The molecule has 2 fully saturated rings. The maximum atomic E-state index is 13.0. The average Bonchev–Trinajstić information content (AvgIpc) is 2.64. The van der Waals surface area contributed by atoms with Crippen LogP contribution in [0.5, 0.6) is 0 Å². The normalized spacial score (nSPS) is 24.4. The SMILES string of the molecule is CN(C)c1ncc(NC(=O)N2C[C@@H]3CCCC[C@]32c2ccccc2)cn1. The van der Waals surface area contributed by atoms with E-state index in [9.17, 15) is 4.79 Å². The van der Waals surface area contributed by atoms with Crippen molar-refractivity contribution in [3.63, 3.8) is 0 Å². The third kappa shape index (κ3) is 2.69. The lowest BCUT2D eigenvalue weighted by Crippen LogP contribution is -2.68. The second kappa shape index (κ2) is 6.59. The van der Waals surface area contributed by atoms with Crippen molar-refractivity contribution in [2.75, 3.05) is 30.9 Å². The molecule has 6 nitrogen and oxygen atoms in total. The number of aromatic nitrogens is 2. The molecule has 1 saturated heterocycles. The lowest BCUT2D eigenvalue weighted by atomic mass is 9.62. The molecule has 136 valence electrons. The Morgan fingerprint density at radius 2 is 1.92 bits per heavy atom. The van der Waals surface area contributed by atoms with Crippen molar-refractivity contribution in [2.45, 2.75) is 31.2 Å². The fourth-order valence-electron chi connectivity index (χ4n) is 4.43. The number of likely N-dealkylation sites (tertiary alicyclic amines) is 1. The highest BCUT2D eigenvalue weighted by atomic mass is 16.2. The number of fused-ring (bicyclic) bond motifs is 1. The van der Waals surface area contributed by atoms with E-state index in [0.717, 1.165) is 19.4 Å². The predicted molar refractivity (Wildman–Crippen MR) is 102 cm³/mol. The molecule has 0 bridgehead atoms. The minimum atomic E-state index is -0.159. The maximum absolute atomic E-state index is 13.0. The molecule has 1 N–H and O–H groups in total. The summed E-state index contributed by atoms with van der Waals surface area (Å²) in [6.45, 7) is 0.817. The summed E-state index contributed by atoms with van der Waals surface area (Å²) in [5.74, 6) is 1.18. The molecule has 0 spiro atoms. The van der Waals surface area contributed by atoms with Gasteiger partial charge in [0.05, 0.1) is 23.6 Å². The number of urea groups is 1.